The average molecular weight is 455 g/mol. The molecule has 3 rings (SSSR count). The Bertz CT molecular complexity index is 1060. The maximum absolute atomic E-state index is 12.9. The van der Waals surface area contributed by atoms with Crippen LogP contribution >= 0.6 is 11.3 Å². The molecule has 32 heavy (non-hydrogen) atoms. The van der Waals surface area contributed by atoms with Gasteiger partial charge in [0.1, 0.15) is 17.9 Å². The van der Waals surface area contributed by atoms with Gasteiger partial charge in [-0.2, -0.15) is 0 Å². The van der Waals surface area contributed by atoms with Crippen LogP contribution in [0.25, 0.3) is 12.2 Å². The van der Waals surface area contributed by atoms with Gasteiger partial charge in [-0.15, -0.1) is 11.3 Å². The smallest absolute Gasteiger partial charge is 0.306 e. The molecular formula is C24H26N2O5S. The summed E-state index contributed by atoms with van der Waals surface area (Å²) in [6.45, 7) is 5.56. The maximum atomic E-state index is 12.9. The summed E-state index contributed by atoms with van der Waals surface area (Å²) >= 11 is 1.45. The highest BCUT2D eigenvalue weighted by molar-refractivity contribution is 7.11. The molecule has 0 fully saturated rings. The molecule has 168 valence electrons. The monoisotopic (exact) mass is 454 g/mol. The number of carbonyl (C=O) groups is 4. The molecule has 0 aliphatic carbocycles. The van der Waals surface area contributed by atoms with E-state index in [1.165, 1.54) is 16.2 Å². The summed E-state index contributed by atoms with van der Waals surface area (Å²) in [4.78, 5) is 50.2. The molecule has 0 unspecified atom stereocenters. The van der Waals surface area contributed by atoms with Gasteiger partial charge in [0, 0.05) is 34.3 Å². The predicted octanol–water partition coefficient (Wildman–Crippen LogP) is 3.66. The fourth-order valence-corrected chi connectivity index (χ4v) is 4.44. The van der Waals surface area contributed by atoms with Crippen molar-refractivity contribution in [3.8, 4) is 0 Å². The molecule has 2 N–H and O–H groups in total. The van der Waals surface area contributed by atoms with Crippen LogP contribution in [0.2, 0.25) is 0 Å². The molecule has 0 saturated heterocycles. The number of ether oxygens (including phenoxy) is 1. The summed E-state index contributed by atoms with van der Waals surface area (Å²) in [5.74, 6) is -1.35. The molecule has 8 heteroatoms. The van der Waals surface area contributed by atoms with E-state index in [0.29, 0.717) is 11.1 Å². The second-order valence-corrected chi connectivity index (χ2v) is 9.50. The van der Waals surface area contributed by atoms with Crippen molar-refractivity contribution >= 4 is 47.6 Å². The summed E-state index contributed by atoms with van der Waals surface area (Å²) in [5.41, 5.74) is 7.86. The number of hydrogen-bond donors (Lipinski definition) is 1. The highest BCUT2D eigenvalue weighted by atomic mass is 32.1. The van der Waals surface area contributed by atoms with Crippen molar-refractivity contribution in [1.82, 2.24) is 4.90 Å². The van der Waals surface area contributed by atoms with Crippen molar-refractivity contribution in [2.45, 2.75) is 51.8 Å². The lowest BCUT2D eigenvalue weighted by atomic mass is 10.1. The Kier molecular flexibility index (Phi) is 6.93. The maximum Gasteiger partial charge on any atom is 0.306 e. The molecular weight excluding hydrogens is 428 g/mol. The highest BCUT2D eigenvalue weighted by Crippen LogP contribution is 2.34. The van der Waals surface area contributed by atoms with Gasteiger partial charge in [0.05, 0.1) is 5.56 Å². The molecule has 2 amide bonds. The van der Waals surface area contributed by atoms with Gasteiger partial charge in [-0.1, -0.05) is 30.3 Å². The minimum Gasteiger partial charge on any atom is -0.460 e. The number of amides is 2. The molecule has 0 radical (unpaired) electrons. The van der Waals surface area contributed by atoms with Crippen LogP contribution < -0.4 is 5.73 Å². The van der Waals surface area contributed by atoms with Crippen LogP contribution in [0.1, 0.15) is 70.3 Å². The molecule has 0 spiro atoms. The van der Waals surface area contributed by atoms with E-state index in [1.54, 1.807) is 38.3 Å². The molecule has 0 bridgehead atoms. The third kappa shape index (κ3) is 5.50. The van der Waals surface area contributed by atoms with E-state index in [0.717, 1.165) is 22.3 Å². The molecule has 2 aromatic rings. The van der Waals surface area contributed by atoms with E-state index in [1.807, 2.05) is 24.3 Å². The van der Waals surface area contributed by atoms with E-state index in [9.17, 15) is 19.2 Å². The van der Waals surface area contributed by atoms with Gasteiger partial charge in [0.25, 0.3) is 5.91 Å². The van der Waals surface area contributed by atoms with E-state index in [-0.39, 0.29) is 25.3 Å². The van der Waals surface area contributed by atoms with E-state index < -0.39 is 23.5 Å². The van der Waals surface area contributed by atoms with Crippen molar-refractivity contribution in [2.24, 2.45) is 5.73 Å². The number of hydrogen-bond acceptors (Lipinski definition) is 6. The van der Waals surface area contributed by atoms with E-state index in [4.69, 9.17) is 10.5 Å². The van der Waals surface area contributed by atoms with Gasteiger partial charge in [0.15, 0.2) is 0 Å². The Labute approximate surface area is 190 Å². The minimum absolute atomic E-state index is 0.00888. The second-order valence-electron chi connectivity index (χ2n) is 8.59. The zero-order valence-electron chi connectivity index (χ0n) is 18.3. The predicted molar refractivity (Wildman–Crippen MR) is 123 cm³/mol. The lowest BCUT2D eigenvalue weighted by molar-refractivity contribution is -0.155. The molecule has 2 heterocycles. The van der Waals surface area contributed by atoms with Crippen LogP contribution in [0.4, 0.5) is 0 Å². The van der Waals surface area contributed by atoms with Crippen molar-refractivity contribution in [3.63, 3.8) is 0 Å². The third-order valence-electron chi connectivity index (χ3n) is 4.99. The number of aldehydes is 1. The normalized spacial score (nSPS) is 14.5. The molecule has 1 atom stereocenters. The summed E-state index contributed by atoms with van der Waals surface area (Å²) in [6, 6.07) is 6.26. The zero-order chi connectivity index (χ0) is 23.5. The SMILES string of the molecule is CC(C)(C)OC(=O)CC[C@@H](C(N)=O)N1Cc2c(csc2/C=C/c2ccc(C=O)cc2)C1=O. The standard InChI is InChI=1S/C24H26N2O5S/c1-24(2,3)31-21(28)11-9-19(22(25)29)26-12-17-18(23(26)30)14-32-20(17)10-8-15-4-6-16(13-27)7-5-15/h4-8,10,13-14,19H,9,11-12H2,1-3H3,(H2,25,29)/b10-8+/t19-/m0/s1. The molecule has 0 saturated carbocycles. The number of carbonyl (C=O) groups excluding carboxylic acids is 4. The van der Waals surface area contributed by atoms with Crippen LogP contribution in [0, 0.1) is 0 Å². The van der Waals surface area contributed by atoms with Gasteiger partial charge < -0.3 is 15.4 Å². The number of benzene rings is 1. The second kappa shape index (κ2) is 9.48. The van der Waals surface area contributed by atoms with Gasteiger partial charge >= 0.3 is 5.97 Å². The number of esters is 1. The van der Waals surface area contributed by atoms with Crippen LogP contribution in [-0.2, 0) is 20.9 Å². The highest BCUT2D eigenvalue weighted by Gasteiger charge is 2.37. The average Bonchev–Trinajstić information content (AvgIpc) is 3.26. The molecule has 1 aliphatic heterocycles. The van der Waals surface area contributed by atoms with Crippen LogP contribution in [0.15, 0.2) is 29.6 Å². The van der Waals surface area contributed by atoms with Crippen molar-refractivity contribution in [3.05, 3.63) is 56.8 Å². The van der Waals surface area contributed by atoms with Crippen LogP contribution in [0.3, 0.4) is 0 Å². The zero-order valence-corrected chi connectivity index (χ0v) is 19.1. The fraction of sp³-hybridized carbons (Fsp3) is 0.333. The van der Waals surface area contributed by atoms with E-state index in [2.05, 4.69) is 0 Å². The van der Waals surface area contributed by atoms with Gasteiger partial charge in [-0.3, -0.25) is 19.2 Å². The first-order valence-electron chi connectivity index (χ1n) is 10.2. The first kappa shape index (κ1) is 23.4. The van der Waals surface area contributed by atoms with Crippen molar-refractivity contribution in [2.75, 3.05) is 0 Å². The van der Waals surface area contributed by atoms with Crippen molar-refractivity contribution < 1.29 is 23.9 Å². The lowest BCUT2D eigenvalue weighted by Gasteiger charge is -2.26. The molecule has 1 aliphatic rings. The Morgan fingerprint density at radius 1 is 1.19 bits per heavy atom. The lowest BCUT2D eigenvalue weighted by Crippen LogP contribution is -2.45. The number of thiophene rings is 1. The minimum atomic E-state index is -0.889. The van der Waals surface area contributed by atoms with Gasteiger partial charge in [-0.25, -0.2) is 0 Å². The number of nitrogens with two attached hydrogens (primary N) is 1. The van der Waals surface area contributed by atoms with E-state index >= 15 is 0 Å². The van der Waals surface area contributed by atoms with Crippen LogP contribution in [0.5, 0.6) is 0 Å². The first-order chi connectivity index (χ1) is 15.1. The summed E-state index contributed by atoms with van der Waals surface area (Å²) in [7, 11) is 0. The summed E-state index contributed by atoms with van der Waals surface area (Å²) in [6.07, 6.45) is 4.71. The molecule has 1 aromatic heterocycles. The molecule has 7 nitrogen and oxygen atoms in total. The van der Waals surface area contributed by atoms with Crippen LogP contribution in [-0.4, -0.2) is 40.6 Å². The summed E-state index contributed by atoms with van der Waals surface area (Å²) in [5, 5.41) is 1.78. The molecule has 1 aromatic carbocycles. The number of fused-ring (bicyclic) bond motifs is 1. The fourth-order valence-electron chi connectivity index (χ4n) is 3.48. The Morgan fingerprint density at radius 3 is 2.44 bits per heavy atom. The quantitative estimate of drug-likeness (QED) is 0.484. The number of primary amides is 1. The third-order valence-corrected chi connectivity index (χ3v) is 5.98. The van der Waals surface area contributed by atoms with Gasteiger partial charge in [0.2, 0.25) is 5.91 Å². The first-order valence-corrected chi connectivity index (χ1v) is 11.1. The number of nitrogens with zero attached hydrogens (tertiary/aromatic N) is 1. The Balaban J connectivity index is 1.72. The number of rotatable bonds is 8. The Morgan fingerprint density at radius 2 is 1.84 bits per heavy atom. The topological polar surface area (TPSA) is 107 Å². The van der Waals surface area contributed by atoms with Gasteiger partial charge in [-0.05, 0) is 38.8 Å². The largest absolute Gasteiger partial charge is 0.460 e. The van der Waals surface area contributed by atoms with Crippen molar-refractivity contribution in [1.29, 1.82) is 0 Å². The summed E-state index contributed by atoms with van der Waals surface area (Å²) < 4.78 is 5.29. The Hall–Kier alpha value is -3.26.